The lowest BCUT2D eigenvalue weighted by atomic mass is 10.1. The zero-order valence-corrected chi connectivity index (χ0v) is 16.8. The molecule has 1 amide bonds. The van der Waals surface area contributed by atoms with Crippen molar-refractivity contribution in [2.75, 3.05) is 24.9 Å². The van der Waals surface area contributed by atoms with E-state index in [0.717, 1.165) is 16.9 Å². The van der Waals surface area contributed by atoms with Crippen molar-refractivity contribution in [1.29, 1.82) is 0 Å². The van der Waals surface area contributed by atoms with Gasteiger partial charge in [0.2, 0.25) is 5.91 Å². The molecule has 0 spiro atoms. The van der Waals surface area contributed by atoms with Crippen LogP contribution in [-0.4, -0.2) is 34.5 Å². The molecule has 2 heterocycles. The van der Waals surface area contributed by atoms with Gasteiger partial charge in [0, 0.05) is 48.5 Å². The van der Waals surface area contributed by atoms with Crippen LogP contribution in [0.3, 0.4) is 0 Å². The minimum atomic E-state index is -0.124. The molecule has 0 unspecified atom stereocenters. The Morgan fingerprint density at radius 2 is 1.87 bits per heavy atom. The summed E-state index contributed by atoms with van der Waals surface area (Å²) < 4.78 is 12.6. The number of ether oxygens (including phenoxy) is 2. The highest BCUT2D eigenvalue weighted by Crippen LogP contribution is 2.32. The van der Waals surface area contributed by atoms with Crippen molar-refractivity contribution in [1.82, 2.24) is 14.4 Å². The number of nitrogens with zero attached hydrogens (tertiary/aromatic N) is 3. The maximum absolute atomic E-state index is 11.4. The molecule has 4 rings (SSSR count). The largest absolute Gasteiger partial charge is 0.493 e. The Bertz CT molecular complexity index is 1220. The molecule has 0 radical (unpaired) electrons. The van der Waals surface area contributed by atoms with Crippen molar-refractivity contribution in [2.45, 2.75) is 6.92 Å². The van der Waals surface area contributed by atoms with Crippen LogP contribution >= 0.6 is 0 Å². The van der Waals surface area contributed by atoms with E-state index in [9.17, 15) is 4.79 Å². The van der Waals surface area contributed by atoms with E-state index in [1.807, 2.05) is 59.3 Å². The highest BCUT2D eigenvalue weighted by atomic mass is 16.5. The fraction of sp³-hybridized carbons (Fsp3) is 0.136. The van der Waals surface area contributed by atoms with Gasteiger partial charge in [0.1, 0.15) is 0 Å². The fourth-order valence-corrected chi connectivity index (χ4v) is 3.16. The van der Waals surface area contributed by atoms with Crippen LogP contribution in [0, 0.1) is 0 Å². The maximum atomic E-state index is 11.4. The first-order chi connectivity index (χ1) is 14.6. The lowest BCUT2D eigenvalue weighted by molar-refractivity contribution is -0.114. The summed E-state index contributed by atoms with van der Waals surface area (Å²) in [6.45, 7) is 1.48. The van der Waals surface area contributed by atoms with E-state index in [1.165, 1.54) is 6.92 Å². The van der Waals surface area contributed by atoms with Gasteiger partial charge in [-0.05, 0) is 24.3 Å². The normalized spacial score (nSPS) is 10.6. The molecular weight excluding hydrogens is 382 g/mol. The molecule has 0 saturated heterocycles. The summed E-state index contributed by atoms with van der Waals surface area (Å²) in [7, 11) is 3.19. The molecular formula is C22H21N5O3. The van der Waals surface area contributed by atoms with Crippen molar-refractivity contribution in [3.63, 3.8) is 0 Å². The second-order valence-corrected chi connectivity index (χ2v) is 6.59. The van der Waals surface area contributed by atoms with Crippen LogP contribution in [0.15, 0.2) is 61.1 Å². The van der Waals surface area contributed by atoms with Gasteiger partial charge in [0.05, 0.1) is 19.9 Å². The van der Waals surface area contributed by atoms with Gasteiger partial charge in [0.25, 0.3) is 0 Å². The topological polar surface area (TPSA) is 89.8 Å². The molecule has 0 bridgehead atoms. The standard InChI is InChI=1S/C22H21N5O3/c1-14(28)24-16-6-4-5-15(11-16)18-13-27-10-9-23-22(27)21(26-18)25-17-7-8-19(29-2)20(12-17)30-3/h4-13H,1-3H3,(H,24,28)(H,25,26). The van der Waals surface area contributed by atoms with Crippen molar-refractivity contribution in [3.8, 4) is 22.8 Å². The molecule has 8 heteroatoms. The summed E-state index contributed by atoms with van der Waals surface area (Å²) in [4.78, 5) is 20.6. The van der Waals surface area contributed by atoms with Crippen molar-refractivity contribution >= 4 is 28.7 Å². The number of aromatic nitrogens is 3. The zero-order valence-electron chi connectivity index (χ0n) is 16.8. The highest BCUT2D eigenvalue weighted by molar-refractivity contribution is 5.89. The average molecular weight is 403 g/mol. The fourth-order valence-electron chi connectivity index (χ4n) is 3.16. The van der Waals surface area contributed by atoms with E-state index < -0.39 is 0 Å². The lowest BCUT2D eigenvalue weighted by Crippen LogP contribution is -2.05. The number of hydrogen-bond acceptors (Lipinski definition) is 6. The Balaban J connectivity index is 1.75. The van der Waals surface area contributed by atoms with Gasteiger partial charge in [-0.15, -0.1) is 0 Å². The van der Waals surface area contributed by atoms with E-state index in [1.54, 1.807) is 20.4 Å². The molecule has 152 valence electrons. The number of carbonyl (C=O) groups is 1. The number of fused-ring (bicyclic) bond motifs is 1. The van der Waals surface area contributed by atoms with Crippen LogP contribution in [0.2, 0.25) is 0 Å². The number of rotatable bonds is 6. The number of nitrogens with one attached hydrogen (secondary N) is 2. The van der Waals surface area contributed by atoms with Crippen molar-refractivity contribution in [3.05, 3.63) is 61.1 Å². The minimum absolute atomic E-state index is 0.124. The number of amides is 1. The molecule has 2 aromatic carbocycles. The monoisotopic (exact) mass is 403 g/mol. The van der Waals surface area contributed by atoms with Gasteiger partial charge in [-0.2, -0.15) is 0 Å². The Morgan fingerprint density at radius 1 is 1.03 bits per heavy atom. The number of imidazole rings is 1. The summed E-state index contributed by atoms with van der Waals surface area (Å²) in [5, 5.41) is 6.11. The smallest absolute Gasteiger partial charge is 0.221 e. The number of anilines is 3. The summed E-state index contributed by atoms with van der Waals surface area (Å²) in [6, 6.07) is 13.1. The van der Waals surface area contributed by atoms with Gasteiger partial charge >= 0.3 is 0 Å². The third kappa shape index (κ3) is 3.88. The predicted molar refractivity (Wildman–Crippen MR) is 116 cm³/mol. The van der Waals surface area contributed by atoms with E-state index in [4.69, 9.17) is 14.5 Å². The first kappa shape index (κ1) is 19.3. The molecule has 30 heavy (non-hydrogen) atoms. The first-order valence-electron chi connectivity index (χ1n) is 9.28. The number of methoxy groups -OCH3 is 2. The van der Waals surface area contributed by atoms with Crippen LogP contribution in [0.1, 0.15) is 6.92 Å². The van der Waals surface area contributed by atoms with Crippen LogP contribution in [-0.2, 0) is 4.79 Å². The van der Waals surface area contributed by atoms with Crippen LogP contribution in [0.4, 0.5) is 17.2 Å². The second kappa shape index (κ2) is 8.12. The molecule has 0 fully saturated rings. The van der Waals surface area contributed by atoms with E-state index in [0.29, 0.717) is 28.7 Å². The first-order valence-corrected chi connectivity index (χ1v) is 9.28. The number of hydrogen-bond donors (Lipinski definition) is 2. The molecule has 0 atom stereocenters. The minimum Gasteiger partial charge on any atom is -0.493 e. The molecule has 0 aliphatic heterocycles. The molecule has 2 N–H and O–H groups in total. The van der Waals surface area contributed by atoms with Crippen LogP contribution in [0.25, 0.3) is 16.9 Å². The molecule has 0 saturated carbocycles. The molecule has 8 nitrogen and oxygen atoms in total. The Hall–Kier alpha value is -4.07. The van der Waals surface area contributed by atoms with Gasteiger partial charge < -0.3 is 24.5 Å². The Labute approximate surface area is 173 Å². The van der Waals surface area contributed by atoms with E-state index in [-0.39, 0.29) is 5.91 Å². The molecule has 0 aliphatic carbocycles. The summed E-state index contributed by atoms with van der Waals surface area (Å²) in [6.07, 6.45) is 5.47. The third-order valence-electron chi connectivity index (χ3n) is 4.50. The summed E-state index contributed by atoms with van der Waals surface area (Å²) in [5.41, 5.74) is 3.78. The highest BCUT2D eigenvalue weighted by Gasteiger charge is 2.12. The SMILES string of the molecule is COc1ccc(Nc2nc(-c3cccc(NC(C)=O)c3)cn3ccnc23)cc1OC. The van der Waals surface area contributed by atoms with E-state index in [2.05, 4.69) is 15.6 Å². The maximum Gasteiger partial charge on any atom is 0.221 e. The van der Waals surface area contributed by atoms with Crippen molar-refractivity contribution in [2.24, 2.45) is 0 Å². The zero-order chi connectivity index (χ0) is 21.1. The lowest BCUT2D eigenvalue weighted by Gasteiger charge is -2.13. The van der Waals surface area contributed by atoms with E-state index >= 15 is 0 Å². The number of carbonyl (C=O) groups excluding carboxylic acids is 1. The van der Waals surface area contributed by atoms with Crippen LogP contribution < -0.4 is 20.1 Å². The summed E-state index contributed by atoms with van der Waals surface area (Å²) >= 11 is 0. The Morgan fingerprint density at radius 3 is 2.63 bits per heavy atom. The van der Waals surface area contributed by atoms with Gasteiger partial charge in [0.15, 0.2) is 23.0 Å². The average Bonchev–Trinajstić information content (AvgIpc) is 3.22. The van der Waals surface area contributed by atoms with Crippen LogP contribution in [0.5, 0.6) is 11.5 Å². The molecule has 0 aliphatic rings. The molecule has 2 aromatic heterocycles. The Kier molecular flexibility index (Phi) is 5.21. The summed E-state index contributed by atoms with van der Waals surface area (Å²) in [5.74, 6) is 1.72. The van der Waals surface area contributed by atoms with Gasteiger partial charge in [-0.1, -0.05) is 12.1 Å². The quantitative estimate of drug-likeness (QED) is 0.503. The second-order valence-electron chi connectivity index (χ2n) is 6.59. The predicted octanol–water partition coefficient (Wildman–Crippen LogP) is 4.12. The van der Waals surface area contributed by atoms with Gasteiger partial charge in [-0.3, -0.25) is 4.79 Å². The van der Waals surface area contributed by atoms with Crippen molar-refractivity contribution < 1.29 is 14.3 Å². The van der Waals surface area contributed by atoms with Gasteiger partial charge in [-0.25, -0.2) is 9.97 Å². The third-order valence-corrected chi connectivity index (χ3v) is 4.50. The number of benzene rings is 2. The molecule has 4 aromatic rings.